The third kappa shape index (κ3) is 3.27. The average Bonchev–Trinajstić information content (AvgIpc) is 3.52. The number of methoxy groups -OCH3 is 1. The predicted octanol–water partition coefficient (Wildman–Crippen LogP) is 2.67. The molecule has 8 heteroatoms. The maximum atomic E-state index is 15.6. The number of benzene rings is 1. The van der Waals surface area contributed by atoms with Crippen LogP contribution in [0.4, 0.5) is 10.1 Å². The van der Waals surface area contributed by atoms with Gasteiger partial charge in [-0.3, -0.25) is 9.59 Å². The summed E-state index contributed by atoms with van der Waals surface area (Å²) in [5, 5.41) is 0.247. The monoisotopic (exact) mass is 441 g/mol. The highest BCUT2D eigenvalue weighted by Crippen LogP contribution is 2.45. The van der Waals surface area contributed by atoms with E-state index in [0.29, 0.717) is 41.9 Å². The van der Waals surface area contributed by atoms with E-state index in [1.54, 1.807) is 13.1 Å². The molecule has 2 atom stereocenters. The zero-order chi connectivity index (χ0) is 22.6. The van der Waals surface area contributed by atoms with Gasteiger partial charge in [-0.25, -0.2) is 4.39 Å². The summed E-state index contributed by atoms with van der Waals surface area (Å²) in [6.45, 7) is 3.51. The predicted molar refractivity (Wildman–Crippen MR) is 119 cm³/mol. The summed E-state index contributed by atoms with van der Waals surface area (Å²) < 4.78 is 23.3. The molecule has 1 amide bonds. The second-order valence-electron chi connectivity index (χ2n) is 9.22. The van der Waals surface area contributed by atoms with Gasteiger partial charge in [-0.05, 0) is 37.7 Å². The molecule has 1 aliphatic carbocycles. The molecule has 1 saturated carbocycles. The molecule has 5 rings (SSSR count). The molecular formula is C24H28FN3O4. The minimum atomic E-state index is -0.509. The zero-order valence-corrected chi connectivity index (χ0v) is 18.5. The van der Waals surface area contributed by atoms with Crippen LogP contribution in [0, 0.1) is 11.7 Å². The summed E-state index contributed by atoms with van der Waals surface area (Å²) in [5.41, 5.74) is 0.989. The van der Waals surface area contributed by atoms with E-state index in [4.69, 9.17) is 4.74 Å². The highest BCUT2D eigenvalue weighted by Gasteiger charge is 2.42. The van der Waals surface area contributed by atoms with Crippen molar-refractivity contribution in [2.24, 2.45) is 5.92 Å². The van der Waals surface area contributed by atoms with E-state index < -0.39 is 5.82 Å². The van der Waals surface area contributed by atoms with Gasteiger partial charge in [0, 0.05) is 50.8 Å². The number of carbonyl (C=O) groups excluding carboxylic acids is 2. The lowest BCUT2D eigenvalue weighted by Crippen LogP contribution is -2.47. The van der Waals surface area contributed by atoms with Crippen LogP contribution < -0.4 is 15.1 Å². The van der Waals surface area contributed by atoms with Crippen LogP contribution >= 0.6 is 0 Å². The molecule has 32 heavy (non-hydrogen) atoms. The molecule has 7 nitrogen and oxygen atoms in total. The lowest BCUT2D eigenvalue weighted by atomic mass is 9.92. The van der Waals surface area contributed by atoms with Crippen LogP contribution in [0.1, 0.15) is 44.2 Å². The van der Waals surface area contributed by atoms with Crippen molar-refractivity contribution < 1.29 is 18.7 Å². The number of pyridine rings is 1. The van der Waals surface area contributed by atoms with Crippen molar-refractivity contribution in [2.75, 3.05) is 31.6 Å². The van der Waals surface area contributed by atoms with Crippen molar-refractivity contribution in [1.29, 1.82) is 0 Å². The van der Waals surface area contributed by atoms with E-state index in [-0.39, 0.29) is 41.1 Å². The minimum absolute atomic E-state index is 0.00352. The number of likely N-dealkylation sites (tertiary alicyclic amines) is 1. The molecule has 0 radical (unpaired) electrons. The van der Waals surface area contributed by atoms with Gasteiger partial charge in [0.1, 0.15) is 12.0 Å². The van der Waals surface area contributed by atoms with Crippen molar-refractivity contribution >= 4 is 28.8 Å². The van der Waals surface area contributed by atoms with E-state index in [0.717, 1.165) is 32.2 Å². The number of hydrogen-bond donors (Lipinski definition) is 0. The Balaban J connectivity index is 1.66. The molecule has 1 aromatic heterocycles. The zero-order valence-electron chi connectivity index (χ0n) is 18.5. The van der Waals surface area contributed by atoms with Crippen LogP contribution in [0.2, 0.25) is 0 Å². The van der Waals surface area contributed by atoms with Gasteiger partial charge in [-0.15, -0.1) is 0 Å². The number of hydrogen-bond acceptors (Lipinski definition) is 5. The molecule has 3 heterocycles. The number of rotatable bonds is 5. The SMILES string of the molecule is COc1c(N2CC3CCCN(C(C)=O)C3C2)c(F)cc2c(=O)c(CC=O)cn(C3CC3)c12. The molecule has 3 aliphatic rings. The number of amides is 1. The molecule has 2 aromatic rings. The molecule has 0 bridgehead atoms. The fourth-order valence-electron chi connectivity index (χ4n) is 5.62. The molecular weight excluding hydrogens is 413 g/mol. The van der Waals surface area contributed by atoms with E-state index in [9.17, 15) is 14.4 Å². The summed E-state index contributed by atoms with van der Waals surface area (Å²) in [6.07, 6.45) is 6.34. The Morgan fingerprint density at radius 2 is 2.06 bits per heavy atom. The molecule has 2 aliphatic heterocycles. The summed E-state index contributed by atoms with van der Waals surface area (Å²) in [5.74, 6) is 0.186. The summed E-state index contributed by atoms with van der Waals surface area (Å²) in [4.78, 5) is 40.2. The maximum Gasteiger partial charge on any atom is 0.219 e. The van der Waals surface area contributed by atoms with Crippen LogP contribution in [0.3, 0.4) is 0 Å². The standard InChI is InChI=1S/C24H28FN3O4/c1-14(30)27-8-3-4-15-11-26(13-20(15)27)22-19(25)10-18-21(24(22)32-2)28(17-5-6-17)12-16(7-9-29)23(18)31/h9-10,12,15,17,20H,3-8,11,13H2,1-2H3. The maximum absolute atomic E-state index is 15.6. The first kappa shape index (κ1) is 21.0. The summed E-state index contributed by atoms with van der Waals surface area (Å²) >= 11 is 0. The number of ether oxygens (including phenoxy) is 1. The van der Waals surface area contributed by atoms with E-state index >= 15 is 4.39 Å². The largest absolute Gasteiger partial charge is 0.492 e. The topological polar surface area (TPSA) is 71.8 Å². The van der Waals surface area contributed by atoms with Crippen LogP contribution in [-0.4, -0.2) is 54.4 Å². The number of anilines is 1. The molecule has 0 spiro atoms. The van der Waals surface area contributed by atoms with Gasteiger partial charge in [0.2, 0.25) is 5.91 Å². The van der Waals surface area contributed by atoms with Crippen LogP contribution in [-0.2, 0) is 16.0 Å². The van der Waals surface area contributed by atoms with E-state index in [1.807, 2.05) is 14.4 Å². The number of halogens is 1. The fraction of sp³-hybridized carbons (Fsp3) is 0.542. The first-order valence-corrected chi connectivity index (χ1v) is 11.3. The van der Waals surface area contributed by atoms with Gasteiger partial charge in [-0.2, -0.15) is 0 Å². The first-order valence-electron chi connectivity index (χ1n) is 11.3. The Morgan fingerprint density at radius 1 is 1.28 bits per heavy atom. The number of aldehydes is 1. The van der Waals surface area contributed by atoms with E-state index in [1.165, 1.54) is 13.2 Å². The van der Waals surface area contributed by atoms with Gasteiger partial charge in [-0.1, -0.05) is 0 Å². The van der Waals surface area contributed by atoms with Crippen molar-refractivity contribution in [1.82, 2.24) is 9.47 Å². The van der Waals surface area contributed by atoms with Crippen LogP contribution in [0.25, 0.3) is 10.9 Å². The van der Waals surface area contributed by atoms with Crippen molar-refractivity contribution in [3.63, 3.8) is 0 Å². The minimum Gasteiger partial charge on any atom is -0.492 e. The molecule has 3 fully saturated rings. The van der Waals surface area contributed by atoms with Gasteiger partial charge >= 0.3 is 0 Å². The number of aromatic nitrogens is 1. The normalized spacial score (nSPS) is 22.8. The highest BCUT2D eigenvalue weighted by atomic mass is 19.1. The second kappa shape index (κ2) is 7.90. The Bertz CT molecular complexity index is 1160. The number of fused-ring (bicyclic) bond motifs is 2. The third-order valence-corrected chi connectivity index (χ3v) is 7.22. The van der Waals surface area contributed by atoms with Gasteiger partial charge in [0.05, 0.1) is 24.1 Å². The second-order valence-corrected chi connectivity index (χ2v) is 9.22. The lowest BCUT2D eigenvalue weighted by Gasteiger charge is -2.36. The summed E-state index contributed by atoms with van der Waals surface area (Å²) in [6, 6.07) is 1.57. The molecule has 2 saturated heterocycles. The quantitative estimate of drug-likeness (QED) is 0.668. The Kier molecular flexibility index (Phi) is 5.18. The average molecular weight is 442 g/mol. The summed E-state index contributed by atoms with van der Waals surface area (Å²) in [7, 11) is 1.50. The number of nitrogens with zero attached hydrogens (tertiary/aromatic N) is 3. The number of carbonyl (C=O) groups is 2. The Hall–Kier alpha value is -2.90. The van der Waals surface area contributed by atoms with Crippen molar-refractivity contribution in [3.8, 4) is 5.75 Å². The van der Waals surface area contributed by atoms with Crippen LogP contribution in [0.15, 0.2) is 17.1 Å². The van der Waals surface area contributed by atoms with Gasteiger partial charge in [0.15, 0.2) is 17.0 Å². The Labute approximate surface area is 185 Å². The third-order valence-electron chi connectivity index (χ3n) is 7.22. The van der Waals surface area contributed by atoms with E-state index in [2.05, 4.69) is 0 Å². The first-order chi connectivity index (χ1) is 15.4. The fourth-order valence-corrected chi connectivity index (χ4v) is 5.62. The van der Waals surface area contributed by atoms with Crippen molar-refractivity contribution in [3.05, 3.63) is 33.9 Å². The van der Waals surface area contributed by atoms with Crippen LogP contribution in [0.5, 0.6) is 5.75 Å². The van der Waals surface area contributed by atoms with Gasteiger partial charge < -0.3 is 23.9 Å². The van der Waals surface area contributed by atoms with Gasteiger partial charge in [0.25, 0.3) is 0 Å². The molecule has 2 unspecified atom stereocenters. The Morgan fingerprint density at radius 3 is 2.72 bits per heavy atom. The lowest BCUT2D eigenvalue weighted by molar-refractivity contribution is -0.132. The molecule has 0 N–H and O–H groups in total. The van der Waals surface area contributed by atoms with Crippen molar-refractivity contribution in [2.45, 2.75) is 51.1 Å². The smallest absolute Gasteiger partial charge is 0.219 e. The molecule has 170 valence electrons. The number of piperidine rings is 1. The molecule has 1 aromatic carbocycles. The highest BCUT2D eigenvalue weighted by molar-refractivity contribution is 5.92.